The molecule has 7 nitrogen and oxygen atoms in total. The predicted molar refractivity (Wildman–Crippen MR) is 107 cm³/mol. The molecule has 1 saturated heterocycles. The van der Waals surface area contributed by atoms with Crippen molar-refractivity contribution in [1.82, 2.24) is 25.4 Å². The maximum atomic E-state index is 6.03. The topological polar surface area (TPSA) is 76.4 Å². The van der Waals surface area contributed by atoms with E-state index in [4.69, 9.17) is 9.73 Å². The van der Waals surface area contributed by atoms with Crippen molar-refractivity contribution < 1.29 is 4.74 Å². The molecule has 0 aromatic carbocycles. The van der Waals surface area contributed by atoms with E-state index in [0.717, 1.165) is 37.1 Å². The van der Waals surface area contributed by atoms with Gasteiger partial charge in [-0.15, -0.1) is 34.2 Å². The van der Waals surface area contributed by atoms with Crippen LogP contribution in [0.4, 0.5) is 0 Å². The number of guanidine groups is 1. The molecule has 1 aliphatic heterocycles. The van der Waals surface area contributed by atoms with Crippen molar-refractivity contribution in [2.75, 3.05) is 6.61 Å². The molecule has 25 heavy (non-hydrogen) atoms. The Morgan fingerprint density at radius 3 is 2.60 bits per heavy atom. The Morgan fingerprint density at radius 2 is 2.00 bits per heavy atom. The van der Waals surface area contributed by atoms with Crippen LogP contribution in [0.1, 0.15) is 56.6 Å². The summed E-state index contributed by atoms with van der Waals surface area (Å²) in [6.07, 6.45) is 8.36. The number of hydrogen-bond donors (Lipinski definition) is 2. The van der Waals surface area contributed by atoms with E-state index in [1.165, 1.54) is 32.1 Å². The summed E-state index contributed by atoms with van der Waals surface area (Å²) in [5.41, 5.74) is 0.154. The first kappa shape index (κ1) is 18.9. The Kier molecular flexibility index (Phi) is 5.87. The molecule has 3 aliphatic rings. The van der Waals surface area contributed by atoms with E-state index in [0.29, 0.717) is 18.6 Å². The minimum Gasteiger partial charge on any atom is -0.375 e. The van der Waals surface area contributed by atoms with Gasteiger partial charge in [0.05, 0.1) is 5.60 Å². The Balaban J connectivity index is 0.00000182. The molecule has 0 amide bonds. The SMILES string of the molecule is Cc1nnc(CN=C(NC2CC2)NC2CCOC3(CCC3)C2)n1C.I. The predicted octanol–water partition coefficient (Wildman–Crippen LogP) is 2.04. The number of ether oxygens (including phenoxy) is 1. The van der Waals surface area contributed by atoms with E-state index >= 15 is 0 Å². The van der Waals surface area contributed by atoms with Gasteiger partial charge in [0.1, 0.15) is 12.4 Å². The van der Waals surface area contributed by atoms with Crippen LogP contribution in [0.15, 0.2) is 4.99 Å². The zero-order valence-electron chi connectivity index (χ0n) is 15.1. The summed E-state index contributed by atoms with van der Waals surface area (Å²) in [4.78, 5) is 4.76. The third kappa shape index (κ3) is 4.45. The number of nitrogens with one attached hydrogen (secondary N) is 2. The lowest BCUT2D eigenvalue weighted by molar-refractivity contribution is -0.134. The molecule has 0 bridgehead atoms. The summed E-state index contributed by atoms with van der Waals surface area (Å²) < 4.78 is 8.03. The van der Waals surface area contributed by atoms with Crippen LogP contribution in [0.5, 0.6) is 0 Å². The van der Waals surface area contributed by atoms with E-state index in [-0.39, 0.29) is 29.6 Å². The summed E-state index contributed by atoms with van der Waals surface area (Å²) in [5, 5.41) is 15.5. The standard InChI is InChI=1S/C17H28N6O.HI/c1-12-21-22-15(23(12)2)11-18-16(19-13-4-5-13)20-14-6-9-24-17(10-14)7-3-8-17;/h13-14H,3-11H2,1-2H3,(H2,18,19,20);1H. The second kappa shape index (κ2) is 7.77. The van der Waals surface area contributed by atoms with Gasteiger partial charge in [0.2, 0.25) is 0 Å². The van der Waals surface area contributed by atoms with E-state index in [1.807, 2.05) is 18.5 Å². The average Bonchev–Trinajstić information content (AvgIpc) is 3.31. The molecule has 1 aromatic heterocycles. The van der Waals surface area contributed by atoms with Crippen LogP contribution in [-0.2, 0) is 18.3 Å². The van der Waals surface area contributed by atoms with Crippen molar-refractivity contribution in [1.29, 1.82) is 0 Å². The Labute approximate surface area is 166 Å². The highest BCUT2D eigenvalue weighted by molar-refractivity contribution is 14.0. The van der Waals surface area contributed by atoms with Gasteiger partial charge in [-0.2, -0.15) is 0 Å². The largest absolute Gasteiger partial charge is 0.375 e. The number of halogens is 1. The molecule has 1 unspecified atom stereocenters. The summed E-state index contributed by atoms with van der Waals surface area (Å²) in [5.74, 6) is 2.73. The van der Waals surface area contributed by atoms with Gasteiger partial charge in [0.15, 0.2) is 11.8 Å². The van der Waals surface area contributed by atoms with Gasteiger partial charge in [-0.05, 0) is 51.9 Å². The normalized spacial score (nSPS) is 25.2. The molecule has 1 aromatic rings. The summed E-state index contributed by atoms with van der Waals surface area (Å²) >= 11 is 0. The summed E-state index contributed by atoms with van der Waals surface area (Å²) in [6.45, 7) is 3.37. The Morgan fingerprint density at radius 1 is 1.24 bits per heavy atom. The van der Waals surface area contributed by atoms with E-state index in [9.17, 15) is 0 Å². The van der Waals surface area contributed by atoms with Gasteiger partial charge >= 0.3 is 0 Å². The van der Waals surface area contributed by atoms with Crippen molar-refractivity contribution in [3.05, 3.63) is 11.6 Å². The highest BCUT2D eigenvalue weighted by Crippen LogP contribution is 2.42. The van der Waals surface area contributed by atoms with Gasteiger partial charge in [0.25, 0.3) is 0 Å². The number of aromatic nitrogens is 3. The third-order valence-corrected chi connectivity index (χ3v) is 5.58. The summed E-state index contributed by atoms with van der Waals surface area (Å²) in [6, 6.07) is 1.03. The van der Waals surface area contributed by atoms with Gasteiger partial charge in [-0.25, -0.2) is 4.99 Å². The number of rotatable bonds is 4. The van der Waals surface area contributed by atoms with Crippen molar-refractivity contribution in [2.45, 2.75) is 76.1 Å². The zero-order chi connectivity index (χ0) is 16.6. The van der Waals surface area contributed by atoms with Crippen molar-refractivity contribution >= 4 is 29.9 Å². The Bertz CT molecular complexity index is 623. The van der Waals surface area contributed by atoms with Gasteiger partial charge in [-0.3, -0.25) is 0 Å². The van der Waals surface area contributed by atoms with Crippen molar-refractivity contribution in [2.24, 2.45) is 12.0 Å². The number of hydrogen-bond acceptors (Lipinski definition) is 4. The fourth-order valence-electron chi connectivity index (χ4n) is 3.56. The Hall–Kier alpha value is -0.900. The molecular formula is C17H29IN6O. The fourth-order valence-corrected chi connectivity index (χ4v) is 3.56. The first-order valence-corrected chi connectivity index (χ1v) is 9.20. The van der Waals surface area contributed by atoms with Gasteiger partial charge in [-0.1, -0.05) is 0 Å². The number of nitrogens with zero attached hydrogens (tertiary/aromatic N) is 4. The van der Waals surface area contributed by atoms with Crippen molar-refractivity contribution in [3.8, 4) is 0 Å². The maximum absolute atomic E-state index is 6.03. The van der Waals surface area contributed by atoms with Crippen LogP contribution in [0.3, 0.4) is 0 Å². The first-order valence-electron chi connectivity index (χ1n) is 9.20. The second-order valence-corrected chi connectivity index (χ2v) is 7.52. The van der Waals surface area contributed by atoms with E-state index in [2.05, 4.69) is 20.8 Å². The van der Waals surface area contributed by atoms with Crippen molar-refractivity contribution in [3.63, 3.8) is 0 Å². The van der Waals surface area contributed by atoms with Crippen LogP contribution in [0.25, 0.3) is 0 Å². The van der Waals surface area contributed by atoms with Crippen LogP contribution < -0.4 is 10.6 Å². The lowest BCUT2D eigenvalue weighted by Gasteiger charge is -2.47. The molecule has 2 aliphatic carbocycles. The van der Waals surface area contributed by atoms with Crippen LogP contribution in [0.2, 0.25) is 0 Å². The lowest BCUT2D eigenvalue weighted by atomic mass is 9.74. The fraction of sp³-hybridized carbons (Fsp3) is 0.824. The second-order valence-electron chi connectivity index (χ2n) is 7.52. The monoisotopic (exact) mass is 460 g/mol. The lowest BCUT2D eigenvalue weighted by Crippen LogP contribution is -2.54. The highest BCUT2D eigenvalue weighted by Gasteiger charge is 2.42. The smallest absolute Gasteiger partial charge is 0.192 e. The molecule has 8 heteroatoms. The average molecular weight is 460 g/mol. The zero-order valence-corrected chi connectivity index (χ0v) is 17.5. The van der Waals surface area contributed by atoms with E-state index < -0.39 is 0 Å². The molecule has 4 rings (SSSR count). The molecule has 2 heterocycles. The minimum atomic E-state index is 0. The minimum absolute atomic E-state index is 0. The van der Waals surface area contributed by atoms with Gasteiger partial charge < -0.3 is 19.9 Å². The van der Waals surface area contributed by atoms with Gasteiger partial charge in [0, 0.05) is 25.7 Å². The third-order valence-electron chi connectivity index (χ3n) is 5.58. The number of aryl methyl sites for hydroxylation is 1. The van der Waals surface area contributed by atoms with E-state index in [1.54, 1.807) is 0 Å². The first-order chi connectivity index (χ1) is 11.6. The molecule has 140 valence electrons. The molecule has 0 radical (unpaired) electrons. The molecule has 2 saturated carbocycles. The maximum Gasteiger partial charge on any atom is 0.192 e. The molecule has 1 spiro atoms. The van der Waals surface area contributed by atoms with Crippen LogP contribution >= 0.6 is 24.0 Å². The molecule has 3 fully saturated rings. The quantitative estimate of drug-likeness (QED) is 0.409. The number of aliphatic imine (C=N–C) groups is 1. The molecule has 1 atom stereocenters. The molecule has 2 N–H and O–H groups in total. The highest BCUT2D eigenvalue weighted by atomic mass is 127. The summed E-state index contributed by atoms with van der Waals surface area (Å²) in [7, 11) is 1.99. The van der Waals surface area contributed by atoms with Crippen LogP contribution in [-0.4, -0.2) is 45.0 Å². The molecular weight excluding hydrogens is 431 g/mol. The van der Waals surface area contributed by atoms with Crippen LogP contribution in [0, 0.1) is 6.92 Å².